The topological polar surface area (TPSA) is 69.7 Å². The Morgan fingerprint density at radius 2 is 1.69 bits per heavy atom. The molecule has 7 heteroatoms. The van der Waals surface area contributed by atoms with Crippen molar-refractivity contribution in [3.63, 3.8) is 0 Å². The molecule has 0 saturated carbocycles. The highest BCUT2D eigenvalue weighted by Crippen LogP contribution is 2.23. The summed E-state index contributed by atoms with van der Waals surface area (Å²) in [5.41, 5.74) is 3.67. The maximum Gasteiger partial charge on any atom is 0.243 e. The number of nitrogens with one attached hydrogen (secondary N) is 1. The summed E-state index contributed by atoms with van der Waals surface area (Å²) in [5.74, 6) is -0.309. The van der Waals surface area contributed by atoms with Gasteiger partial charge in [0, 0.05) is 25.8 Å². The van der Waals surface area contributed by atoms with Gasteiger partial charge in [-0.3, -0.25) is 9.10 Å². The molecule has 0 saturated heterocycles. The molecule has 1 atom stereocenters. The van der Waals surface area contributed by atoms with Crippen molar-refractivity contribution in [1.82, 2.24) is 5.32 Å². The van der Waals surface area contributed by atoms with Crippen LogP contribution in [-0.2, 0) is 14.8 Å². The predicted octanol–water partition coefficient (Wildman–Crippen LogP) is 3.10. The van der Waals surface area contributed by atoms with E-state index >= 15 is 0 Å². The lowest BCUT2D eigenvalue weighted by Gasteiger charge is -2.29. The summed E-state index contributed by atoms with van der Waals surface area (Å²) in [6.07, 6.45) is 1.88. The molecule has 0 aliphatic carbocycles. The fourth-order valence-electron chi connectivity index (χ4n) is 3.16. The van der Waals surface area contributed by atoms with Crippen molar-refractivity contribution >= 4 is 27.3 Å². The smallest absolute Gasteiger partial charge is 0.243 e. The van der Waals surface area contributed by atoms with Gasteiger partial charge in [-0.1, -0.05) is 24.3 Å². The Balaban J connectivity index is 1.98. The number of hydrogen-bond donors (Lipinski definition) is 1. The summed E-state index contributed by atoms with van der Waals surface area (Å²) < 4.78 is 26.0. The van der Waals surface area contributed by atoms with Gasteiger partial charge in [0.2, 0.25) is 15.9 Å². The van der Waals surface area contributed by atoms with Gasteiger partial charge in [0.1, 0.15) is 6.04 Å². The van der Waals surface area contributed by atoms with Gasteiger partial charge in [0.05, 0.1) is 11.9 Å². The Kier molecular flexibility index (Phi) is 7.67. The zero-order valence-corrected chi connectivity index (χ0v) is 18.7. The molecule has 2 aromatic rings. The molecule has 0 radical (unpaired) electrons. The van der Waals surface area contributed by atoms with E-state index < -0.39 is 16.1 Å². The molecular formula is C22H31N3O3S. The van der Waals surface area contributed by atoms with Crippen molar-refractivity contribution in [3.05, 3.63) is 59.7 Å². The lowest BCUT2D eigenvalue weighted by molar-refractivity contribution is -0.121. The van der Waals surface area contributed by atoms with Crippen LogP contribution in [0.3, 0.4) is 0 Å². The van der Waals surface area contributed by atoms with Crippen LogP contribution in [0.1, 0.15) is 24.5 Å². The molecule has 0 fully saturated rings. The second-order valence-electron chi connectivity index (χ2n) is 7.41. The largest absolute Gasteiger partial charge is 0.375 e. The number of hydrogen-bond acceptors (Lipinski definition) is 4. The van der Waals surface area contributed by atoms with Crippen molar-refractivity contribution < 1.29 is 13.2 Å². The van der Waals surface area contributed by atoms with E-state index in [1.807, 2.05) is 57.3 Å². The van der Waals surface area contributed by atoms with Gasteiger partial charge in [-0.15, -0.1) is 0 Å². The van der Waals surface area contributed by atoms with E-state index in [0.717, 1.165) is 36.0 Å². The SMILES string of the molecule is Cc1ccc(N([C@H](C)C(=O)NCCCN(C)c2ccccc2)S(C)(=O)=O)cc1C. The molecular weight excluding hydrogens is 386 g/mol. The van der Waals surface area contributed by atoms with Crippen molar-refractivity contribution in [2.45, 2.75) is 33.2 Å². The summed E-state index contributed by atoms with van der Waals surface area (Å²) in [6, 6.07) is 14.6. The molecule has 2 rings (SSSR count). The standard InChI is InChI=1S/C22H31N3O3S/c1-17-12-13-21(16-18(17)2)25(29(5,27)28)19(3)22(26)23-14-9-15-24(4)20-10-7-6-8-11-20/h6-8,10-13,16,19H,9,14-15H2,1-5H3,(H,23,26)/t19-/m1/s1. The predicted molar refractivity (Wildman–Crippen MR) is 120 cm³/mol. The van der Waals surface area contributed by atoms with E-state index in [-0.39, 0.29) is 5.91 Å². The normalized spacial score (nSPS) is 12.3. The number of nitrogens with zero attached hydrogens (tertiary/aromatic N) is 2. The van der Waals surface area contributed by atoms with E-state index in [1.165, 1.54) is 4.31 Å². The lowest BCUT2D eigenvalue weighted by Crippen LogP contribution is -2.48. The van der Waals surface area contributed by atoms with Crippen molar-refractivity contribution in [2.24, 2.45) is 0 Å². The average Bonchev–Trinajstić information content (AvgIpc) is 2.67. The third-order valence-electron chi connectivity index (χ3n) is 5.00. The number of para-hydroxylation sites is 1. The van der Waals surface area contributed by atoms with Gasteiger partial charge in [-0.05, 0) is 62.6 Å². The minimum absolute atomic E-state index is 0.309. The summed E-state index contributed by atoms with van der Waals surface area (Å²) in [4.78, 5) is 14.8. The molecule has 1 N–H and O–H groups in total. The van der Waals surface area contributed by atoms with Crippen LogP contribution in [0.5, 0.6) is 0 Å². The van der Waals surface area contributed by atoms with Gasteiger partial charge in [-0.2, -0.15) is 0 Å². The number of carbonyl (C=O) groups excluding carboxylic acids is 1. The van der Waals surface area contributed by atoms with Crippen LogP contribution in [0.15, 0.2) is 48.5 Å². The number of rotatable bonds is 9. The van der Waals surface area contributed by atoms with Gasteiger partial charge in [-0.25, -0.2) is 8.42 Å². The summed E-state index contributed by atoms with van der Waals surface area (Å²) in [5, 5.41) is 2.87. The second kappa shape index (κ2) is 9.78. The van der Waals surface area contributed by atoms with E-state index in [0.29, 0.717) is 12.2 Å². The molecule has 1 amide bonds. The quantitative estimate of drug-likeness (QED) is 0.637. The van der Waals surface area contributed by atoms with Gasteiger partial charge in [0.25, 0.3) is 0 Å². The number of sulfonamides is 1. The molecule has 2 aromatic carbocycles. The van der Waals surface area contributed by atoms with Crippen molar-refractivity contribution in [1.29, 1.82) is 0 Å². The Labute approximate surface area is 174 Å². The third-order valence-corrected chi connectivity index (χ3v) is 6.24. The van der Waals surface area contributed by atoms with Crippen LogP contribution in [0.25, 0.3) is 0 Å². The van der Waals surface area contributed by atoms with Crippen LogP contribution in [-0.4, -0.2) is 46.8 Å². The Morgan fingerprint density at radius 1 is 1.03 bits per heavy atom. The summed E-state index contributed by atoms with van der Waals surface area (Å²) in [6.45, 7) is 6.76. The van der Waals surface area contributed by atoms with Crippen molar-refractivity contribution in [3.8, 4) is 0 Å². The maximum absolute atomic E-state index is 12.6. The molecule has 6 nitrogen and oxygen atoms in total. The number of amides is 1. The zero-order valence-electron chi connectivity index (χ0n) is 17.8. The molecule has 29 heavy (non-hydrogen) atoms. The van der Waals surface area contributed by atoms with Crippen LogP contribution < -0.4 is 14.5 Å². The number of aryl methyl sites for hydroxylation is 2. The summed E-state index contributed by atoms with van der Waals surface area (Å²) >= 11 is 0. The number of benzene rings is 2. The molecule has 0 heterocycles. The van der Waals surface area contributed by atoms with Crippen LogP contribution in [0.2, 0.25) is 0 Å². The third kappa shape index (κ3) is 6.22. The van der Waals surface area contributed by atoms with E-state index in [4.69, 9.17) is 0 Å². The Morgan fingerprint density at radius 3 is 2.28 bits per heavy atom. The Bertz CT molecular complexity index is 930. The zero-order chi connectivity index (χ0) is 21.6. The first kappa shape index (κ1) is 22.7. The molecule has 158 valence electrons. The first-order valence-corrected chi connectivity index (χ1v) is 11.6. The highest BCUT2D eigenvalue weighted by atomic mass is 32.2. The maximum atomic E-state index is 12.6. The summed E-state index contributed by atoms with van der Waals surface area (Å²) in [7, 11) is -1.60. The highest BCUT2D eigenvalue weighted by Gasteiger charge is 2.29. The Hall–Kier alpha value is -2.54. The molecule has 0 aliphatic rings. The van der Waals surface area contributed by atoms with Gasteiger partial charge in [0.15, 0.2) is 0 Å². The van der Waals surface area contributed by atoms with Crippen LogP contribution in [0, 0.1) is 13.8 Å². The molecule has 0 unspecified atom stereocenters. The lowest BCUT2D eigenvalue weighted by atomic mass is 10.1. The van der Waals surface area contributed by atoms with E-state index in [1.54, 1.807) is 19.1 Å². The monoisotopic (exact) mass is 417 g/mol. The van der Waals surface area contributed by atoms with E-state index in [2.05, 4.69) is 10.2 Å². The average molecular weight is 418 g/mol. The minimum Gasteiger partial charge on any atom is -0.375 e. The van der Waals surface area contributed by atoms with Crippen LogP contribution >= 0.6 is 0 Å². The number of carbonyl (C=O) groups is 1. The fraction of sp³-hybridized carbons (Fsp3) is 0.409. The minimum atomic E-state index is -3.61. The van der Waals surface area contributed by atoms with E-state index in [9.17, 15) is 13.2 Å². The second-order valence-corrected chi connectivity index (χ2v) is 9.26. The molecule has 0 aromatic heterocycles. The van der Waals surface area contributed by atoms with Crippen molar-refractivity contribution in [2.75, 3.05) is 35.6 Å². The molecule has 0 bridgehead atoms. The van der Waals surface area contributed by atoms with Gasteiger partial charge >= 0.3 is 0 Å². The molecule has 0 aliphatic heterocycles. The first-order chi connectivity index (χ1) is 13.6. The fourth-order valence-corrected chi connectivity index (χ4v) is 4.33. The van der Waals surface area contributed by atoms with Crippen LogP contribution in [0.4, 0.5) is 11.4 Å². The van der Waals surface area contributed by atoms with Gasteiger partial charge < -0.3 is 10.2 Å². The number of anilines is 2. The first-order valence-electron chi connectivity index (χ1n) is 9.72. The molecule has 0 spiro atoms. The highest BCUT2D eigenvalue weighted by molar-refractivity contribution is 7.92.